The molecule has 1 aromatic carbocycles. The molecule has 0 bridgehead atoms. The number of fused-ring (bicyclic) bond motifs is 3. The summed E-state index contributed by atoms with van der Waals surface area (Å²) in [5, 5.41) is 4.35. The van der Waals surface area contributed by atoms with Gasteiger partial charge in [-0.25, -0.2) is 0 Å². The van der Waals surface area contributed by atoms with Gasteiger partial charge >= 0.3 is 11.9 Å². The molecule has 3 rings (SSSR count). The van der Waals surface area contributed by atoms with E-state index >= 15 is 0 Å². The van der Waals surface area contributed by atoms with Gasteiger partial charge in [-0.1, -0.05) is 18.2 Å². The van der Waals surface area contributed by atoms with Gasteiger partial charge in [0.15, 0.2) is 0 Å². The molecule has 0 amide bonds. The number of aromatic nitrogens is 1. The van der Waals surface area contributed by atoms with E-state index in [2.05, 4.69) is 10.3 Å². The number of carbonyl (C=O) groups is 2. The zero-order valence-corrected chi connectivity index (χ0v) is 15.7. The predicted octanol–water partition coefficient (Wildman–Crippen LogP) is 3.02. The molecular formula is C20H26N2O4. The Morgan fingerprint density at radius 3 is 2.65 bits per heavy atom. The van der Waals surface area contributed by atoms with E-state index in [0.717, 1.165) is 22.2 Å². The first-order chi connectivity index (χ1) is 12.3. The quantitative estimate of drug-likeness (QED) is 0.821. The zero-order chi connectivity index (χ0) is 18.9. The van der Waals surface area contributed by atoms with E-state index in [0.29, 0.717) is 13.0 Å². The van der Waals surface area contributed by atoms with E-state index in [1.807, 2.05) is 45.0 Å². The van der Waals surface area contributed by atoms with E-state index in [-0.39, 0.29) is 24.4 Å². The van der Waals surface area contributed by atoms with Gasteiger partial charge in [0.25, 0.3) is 0 Å². The first kappa shape index (κ1) is 18.5. The first-order valence-corrected chi connectivity index (χ1v) is 9.02. The van der Waals surface area contributed by atoms with Crippen molar-refractivity contribution >= 4 is 22.8 Å². The highest BCUT2D eigenvalue weighted by Crippen LogP contribution is 2.34. The van der Waals surface area contributed by atoms with Crippen LogP contribution in [0.5, 0.6) is 0 Å². The van der Waals surface area contributed by atoms with Crippen molar-refractivity contribution in [3.63, 3.8) is 0 Å². The monoisotopic (exact) mass is 358 g/mol. The molecule has 140 valence electrons. The maximum atomic E-state index is 12.6. The molecule has 0 fully saturated rings. The summed E-state index contributed by atoms with van der Waals surface area (Å²) < 4.78 is 10.7. The molecular weight excluding hydrogens is 332 g/mol. The van der Waals surface area contributed by atoms with E-state index in [9.17, 15) is 9.59 Å². The smallest absolute Gasteiger partial charge is 0.324 e. The molecule has 2 N–H and O–H groups in total. The molecule has 0 unspecified atom stereocenters. The van der Waals surface area contributed by atoms with Gasteiger partial charge in [-0.3, -0.25) is 14.9 Å². The Morgan fingerprint density at radius 1 is 1.23 bits per heavy atom. The lowest BCUT2D eigenvalue weighted by Crippen LogP contribution is -2.47. The highest BCUT2D eigenvalue weighted by atomic mass is 16.6. The fourth-order valence-corrected chi connectivity index (χ4v) is 3.40. The molecule has 1 aliphatic heterocycles. The summed E-state index contributed by atoms with van der Waals surface area (Å²) in [6.07, 6.45) is 0.681. The molecule has 26 heavy (non-hydrogen) atoms. The van der Waals surface area contributed by atoms with Crippen molar-refractivity contribution in [2.75, 3.05) is 6.61 Å². The van der Waals surface area contributed by atoms with Crippen LogP contribution in [0.25, 0.3) is 10.9 Å². The highest BCUT2D eigenvalue weighted by molar-refractivity contribution is 5.87. The summed E-state index contributed by atoms with van der Waals surface area (Å²) >= 11 is 0. The molecule has 0 saturated heterocycles. The standard InChI is InChI=1S/C20H26N2O4/c1-5-25-17(23)11-15-18-13(12-8-6-7-9-14(12)22-18)10-16(21-15)19(24)26-20(2,3)4/h6-9,15-16,21-22H,5,10-11H2,1-4H3/t15-,16+/m1/s1. The molecule has 0 saturated carbocycles. The number of hydrogen-bond donors (Lipinski definition) is 2. The number of aromatic amines is 1. The number of ether oxygens (including phenoxy) is 2. The Kier molecular flexibility index (Phi) is 5.05. The van der Waals surface area contributed by atoms with Crippen molar-refractivity contribution < 1.29 is 19.1 Å². The maximum absolute atomic E-state index is 12.6. The number of benzene rings is 1. The van der Waals surface area contributed by atoms with Crippen LogP contribution in [0.4, 0.5) is 0 Å². The Bertz CT molecular complexity index is 819. The fraction of sp³-hybridized carbons (Fsp3) is 0.500. The Morgan fingerprint density at radius 2 is 1.96 bits per heavy atom. The number of esters is 2. The molecule has 0 aliphatic carbocycles. The van der Waals surface area contributed by atoms with Crippen LogP contribution in [-0.4, -0.2) is 35.2 Å². The number of rotatable bonds is 4. The van der Waals surface area contributed by atoms with Gasteiger partial charge in [0.2, 0.25) is 0 Å². The molecule has 2 aromatic rings. The average molecular weight is 358 g/mol. The lowest BCUT2D eigenvalue weighted by molar-refractivity contribution is -0.158. The molecule has 1 aliphatic rings. The average Bonchev–Trinajstić information content (AvgIpc) is 2.92. The van der Waals surface area contributed by atoms with Crippen molar-refractivity contribution in [1.29, 1.82) is 0 Å². The fourth-order valence-electron chi connectivity index (χ4n) is 3.40. The van der Waals surface area contributed by atoms with Gasteiger partial charge in [0.05, 0.1) is 19.1 Å². The van der Waals surface area contributed by atoms with Gasteiger partial charge in [-0.2, -0.15) is 0 Å². The van der Waals surface area contributed by atoms with Crippen LogP contribution in [-0.2, 0) is 25.5 Å². The summed E-state index contributed by atoms with van der Waals surface area (Å²) in [6, 6.07) is 7.15. The minimum Gasteiger partial charge on any atom is -0.466 e. The summed E-state index contributed by atoms with van der Waals surface area (Å²) in [5.41, 5.74) is 2.44. The summed E-state index contributed by atoms with van der Waals surface area (Å²) in [4.78, 5) is 28.1. The zero-order valence-electron chi connectivity index (χ0n) is 15.7. The lowest BCUT2D eigenvalue weighted by Gasteiger charge is -2.31. The maximum Gasteiger partial charge on any atom is 0.324 e. The predicted molar refractivity (Wildman–Crippen MR) is 98.8 cm³/mol. The number of para-hydroxylation sites is 1. The molecule has 2 atom stereocenters. The molecule has 6 heteroatoms. The number of carbonyl (C=O) groups excluding carboxylic acids is 2. The second-order valence-electron chi connectivity index (χ2n) is 7.58. The van der Waals surface area contributed by atoms with Crippen molar-refractivity contribution in [1.82, 2.24) is 10.3 Å². The number of H-pyrrole nitrogens is 1. The third-order valence-electron chi connectivity index (χ3n) is 4.37. The van der Waals surface area contributed by atoms with E-state index in [1.165, 1.54) is 0 Å². The van der Waals surface area contributed by atoms with Crippen molar-refractivity contribution in [2.24, 2.45) is 0 Å². The van der Waals surface area contributed by atoms with Gasteiger partial charge in [-0.15, -0.1) is 0 Å². The normalized spacial score (nSPS) is 19.8. The number of nitrogens with one attached hydrogen (secondary N) is 2. The molecule has 0 spiro atoms. The summed E-state index contributed by atoms with van der Waals surface area (Å²) in [7, 11) is 0. The van der Waals surface area contributed by atoms with Crippen LogP contribution in [0, 0.1) is 0 Å². The molecule has 0 radical (unpaired) electrons. The van der Waals surface area contributed by atoms with E-state index in [1.54, 1.807) is 6.92 Å². The van der Waals surface area contributed by atoms with Gasteiger partial charge in [-0.05, 0) is 39.3 Å². The number of hydrogen-bond acceptors (Lipinski definition) is 5. The minimum absolute atomic E-state index is 0.160. The topological polar surface area (TPSA) is 80.4 Å². The van der Waals surface area contributed by atoms with Crippen LogP contribution in [0.3, 0.4) is 0 Å². The Hall–Kier alpha value is -2.34. The molecule has 2 heterocycles. The van der Waals surface area contributed by atoms with Gasteiger partial charge in [0, 0.05) is 23.0 Å². The van der Waals surface area contributed by atoms with E-state index in [4.69, 9.17) is 9.47 Å². The van der Waals surface area contributed by atoms with E-state index < -0.39 is 11.6 Å². The van der Waals surface area contributed by atoms with Crippen molar-refractivity contribution in [2.45, 2.75) is 58.2 Å². The Balaban J connectivity index is 1.94. The molecule has 6 nitrogen and oxygen atoms in total. The Labute approximate surface area is 153 Å². The minimum atomic E-state index is -0.560. The highest BCUT2D eigenvalue weighted by Gasteiger charge is 2.36. The largest absolute Gasteiger partial charge is 0.466 e. The van der Waals surface area contributed by atoms with Crippen molar-refractivity contribution in [3.05, 3.63) is 35.5 Å². The third-order valence-corrected chi connectivity index (χ3v) is 4.37. The summed E-state index contributed by atoms with van der Waals surface area (Å²) in [5.74, 6) is -0.596. The first-order valence-electron chi connectivity index (χ1n) is 9.02. The van der Waals surface area contributed by atoms with Crippen molar-refractivity contribution in [3.8, 4) is 0 Å². The van der Waals surface area contributed by atoms with Crippen LogP contribution >= 0.6 is 0 Å². The van der Waals surface area contributed by atoms with Crippen LogP contribution in [0.1, 0.15) is 51.4 Å². The van der Waals surface area contributed by atoms with Crippen LogP contribution < -0.4 is 5.32 Å². The second-order valence-corrected chi connectivity index (χ2v) is 7.58. The van der Waals surface area contributed by atoms with Crippen LogP contribution in [0.15, 0.2) is 24.3 Å². The van der Waals surface area contributed by atoms with Gasteiger partial charge < -0.3 is 14.5 Å². The van der Waals surface area contributed by atoms with Gasteiger partial charge in [0.1, 0.15) is 11.6 Å². The third kappa shape index (κ3) is 3.90. The SMILES string of the molecule is CCOC(=O)C[C@H]1N[C@H](C(=O)OC(C)(C)C)Cc2c1[nH]c1ccccc21. The summed E-state index contributed by atoms with van der Waals surface area (Å²) in [6.45, 7) is 7.66. The lowest BCUT2D eigenvalue weighted by atomic mass is 9.92. The molecule has 1 aromatic heterocycles. The second kappa shape index (κ2) is 7.11. The van der Waals surface area contributed by atoms with Crippen LogP contribution in [0.2, 0.25) is 0 Å².